The third kappa shape index (κ3) is 3.42. The van der Waals surface area contributed by atoms with Gasteiger partial charge >= 0.3 is 0 Å². The molecule has 2 amide bonds. The van der Waals surface area contributed by atoms with Crippen molar-refractivity contribution in [3.05, 3.63) is 21.9 Å². The van der Waals surface area contributed by atoms with Crippen LogP contribution in [0.2, 0.25) is 0 Å². The summed E-state index contributed by atoms with van der Waals surface area (Å²) in [4.78, 5) is 23.8. The van der Waals surface area contributed by atoms with E-state index in [-0.39, 0.29) is 11.8 Å². The number of nitrogens with one attached hydrogen (secondary N) is 1. The molecule has 1 aromatic heterocycles. The molecule has 1 aliphatic rings. The molecule has 1 aromatic rings. The first-order valence-corrected chi connectivity index (χ1v) is 7.96. The molecule has 1 heterocycles. The highest BCUT2D eigenvalue weighted by molar-refractivity contribution is 7.12. The van der Waals surface area contributed by atoms with Crippen LogP contribution in [0.15, 0.2) is 11.4 Å². The number of carbonyl (C=O) groups excluding carboxylic acids is 2. The summed E-state index contributed by atoms with van der Waals surface area (Å²) < 4.78 is 0. The third-order valence-electron chi connectivity index (χ3n) is 4.13. The fourth-order valence-corrected chi connectivity index (χ4v) is 3.57. The first-order valence-electron chi connectivity index (χ1n) is 7.08. The maximum atomic E-state index is 12.3. The van der Waals surface area contributed by atoms with E-state index < -0.39 is 11.4 Å². The molecule has 1 fully saturated rings. The summed E-state index contributed by atoms with van der Waals surface area (Å²) in [6.07, 6.45) is 5.31. The summed E-state index contributed by atoms with van der Waals surface area (Å²) in [7, 11) is 0. The van der Waals surface area contributed by atoms with Crippen LogP contribution in [0.3, 0.4) is 0 Å². The molecule has 1 atom stereocenters. The maximum absolute atomic E-state index is 12.3. The van der Waals surface area contributed by atoms with Gasteiger partial charge in [-0.15, -0.1) is 11.3 Å². The second-order valence-corrected chi connectivity index (χ2v) is 6.58. The summed E-state index contributed by atoms with van der Waals surface area (Å²) >= 11 is 1.16. The highest BCUT2D eigenvalue weighted by atomic mass is 32.1. The van der Waals surface area contributed by atoms with Crippen molar-refractivity contribution in [3.8, 4) is 6.07 Å². The van der Waals surface area contributed by atoms with E-state index in [4.69, 9.17) is 5.73 Å². The molecule has 6 heteroatoms. The molecular formula is C15H19N3O2S. The van der Waals surface area contributed by atoms with Crippen LogP contribution in [0.1, 0.15) is 59.1 Å². The second-order valence-electron chi connectivity index (χ2n) is 5.67. The minimum Gasteiger partial charge on any atom is -0.366 e. The van der Waals surface area contributed by atoms with E-state index >= 15 is 0 Å². The zero-order valence-electron chi connectivity index (χ0n) is 12.0. The highest BCUT2D eigenvalue weighted by Gasteiger charge is 2.37. The van der Waals surface area contributed by atoms with Crippen molar-refractivity contribution in [1.29, 1.82) is 5.26 Å². The van der Waals surface area contributed by atoms with Crippen molar-refractivity contribution < 1.29 is 9.59 Å². The quantitative estimate of drug-likeness (QED) is 0.894. The molecule has 0 aromatic carbocycles. The highest BCUT2D eigenvalue weighted by Crippen LogP contribution is 2.32. The summed E-state index contributed by atoms with van der Waals surface area (Å²) in [5, 5.41) is 13.9. The Bertz CT molecular complexity index is 584. The molecule has 112 valence electrons. The van der Waals surface area contributed by atoms with Gasteiger partial charge in [-0.25, -0.2) is 0 Å². The molecule has 0 bridgehead atoms. The van der Waals surface area contributed by atoms with E-state index in [1.165, 1.54) is 12.5 Å². The van der Waals surface area contributed by atoms with E-state index in [1.54, 1.807) is 12.3 Å². The standard InChI is InChI=1S/C15H19N3O2S/c1-15(9-16,11-5-3-2-4-6-11)18-14(20)12-7-10(8-21-12)13(17)19/h7-8,11H,2-6H2,1H3,(H2,17,19)(H,18,20)/t15-/m0/s1. The number of nitrogens with zero attached hydrogens (tertiary/aromatic N) is 1. The Balaban J connectivity index is 2.11. The van der Waals surface area contributed by atoms with Gasteiger partial charge in [0.05, 0.1) is 16.5 Å². The smallest absolute Gasteiger partial charge is 0.262 e. The van der Waals surface area contributed by atoms with Gasteiger partial charge in [-0.1, -0.05) is 19.3 Å². The molecule has 0 spiro atoms. The largest absolute Gasteiger partial charge is 0.366 e. The Morgan fingerprint density at radius 3 is 2.62 bits per heavy atom. The first-order chi connectivity index (χ1) is 9.96. The molecule has 3 N–H and O–H groups in total. The summed E-state index contributed by atoms with van der Waals surface area (Å²) in [5.74, 6) is -0.696. The van der Waals surface area contributed by atoms with Gasteiger partial charge in [-0.2, -0.15) is 5.26 Å². The topological polar surface area (TPSA) is 96.0 Å². The lowest BCUT2D eigenvalue weighted by atomic mass is 9.76. The lowest BCUT2D eigenvalue weighted by Gasteiger charge is -2.34. The van der Waals surface area contributed by atoms with Crippen LogP contribution in [0.25, 0.3) is 0 Å². The number of thiophene rings is 1. The molecule has 0 aliphatic heterocycles. The van der Waals surface area contributed by atoms with Crippen LogP contribution in [-0.4, -0.2) is 17.4 Å². The summed E-state index contributed by atoms with van der Waals surface area (Å²) in [6.45, 7) is 1.78. The number of rotatable bonds is 4. The Kier molecular flexibility index (Phi) is 4.63. The fraction of sp³-hybridized carbons (Fsp3) is 0.533. The van der Waals surface area contributed by atoms with Crippen LogP contribution in [0.4, 0.5) is 0 Å². The van der Waals surface area contributed by atoms with Gasteiger partial charge in [0.15, 0.2) is 0 Å². The van der Waals surface area contributed by atoms with Gasteiger partial charge in [0.2, 0.25) is 5.91 Å². The molecule has 0 saturated heterocycles. The summed E-state index contributed by atoms with van der Waals surface area (Å²) in [5.41, 5.74) is 4.64. The normalized spacial score (nSPS) is 18.5. The van der Waals surface area contributed by atoms with Gasteiger partial charge < -0.3 is 11.1 Å². The Morgan fingerprint density at radius 1 is 1.43 bits per heavy atom. The average Bonchev–Trinajstić information content (AvgIpc) is 2.98. The average molecular weight is 305 g/mol. The molecule has 21 heavy (non-hydrogen) atoms. The number of primary amides is 1. The summed E-state index contributed by atoms with van der Waals surface area (Å²) in [6, 6.07) is 3.73. The molecule has 1 saturated carbocycles. The molecule has 2 rings (SSSR count). The van der Waals surface area contributed by atoms with Gasteiger partial charge in [0, 0.05) is 5.38 Å². The van der Waals surface area contributed by atoms with Crippen molar-refractivity contribution in [3.63, 3.8) is 0 Å². The van der Waals surface area contributed by atoms with E-state index in [9.17, 15) is 14.9 Å². The van der Waals surface area contributed by atoms with Crippen LogP contribution in [-0.2, 0) is 0 Å². The van der Waals surface area contributed by atoms with Gasteiger partial charge in [-0.05, 0) is 31.7 Å². The Hall–Kier alpha value is -1.87. The molecular weight excluding hydrogens is 286 g/mol. The SMILES string of the molecule is C[C@@](C#N)(NC(=O)c1cc(C(N)=O)cs1)C1CCCCC1. The zero-order valence-corrected chi connectivity index (χ0v) is 12.8. The number of nitriles is 1. The van der Waals surface area contributed by atoms with Gasteiger partial charge in [-0.3, -0.25) is 9.59 Å². The van der Waals surface area contributed by atoms with Crippen molar-refractivity contribution in [2.24, 2.45) is 11.7 Å². The fourth-order valence-electron chi connectivity index (χ4n) is 2.78. The number of amides is 2. The van der Waals surface area contributed by atoms with E-state index in [2.05, 4.69) is 11.4 Å². The van der Waals surface area contributed by atoms with Crippen molar-refractivity contribution in [2.75, 3.05) is 0 Å². The lowest BCUT2D eigenvalue weighted by Crippen LogP contribution is -2.50. The number of hydrogen-bond donors (Lipinski definition) is 2. The first kappa shape index (κ1) is 15.5. The third-order valence-corrected chi connectivity index (χ3v) is 5.06. The van der Waals surface area contributed by atoms with Crippen molar-refractivity contribution in [2.45, 2.75) is 44.6 Å². The van der Waals surface area contributed by atoms with Crippen molar-refractivity contribution in [1.82, 2.24) is 5.32 Å². The van der Waals surface area contributed by atoms with E-state index in [1.807, 2.05) is 0 Å². The number of hydrogen-bond acceptors (Lipinski definition) is 4. The van der Waals surface area contributed by atoms with Crippen LogP contribution in [0.5, 0.6) is 0 Å². The van der Waals surface area contributed by atoms with E-state index in [0.717, 1.165) is 37.0 Å². The number of carbonyl (C=O) groups is 2. The predicted octanol–water partition coefficient (Wildman–Crippen LogP) is 2.44. The van der Waals surface area contributed by atoms with Crippen LogP contribution in [0, 0.1) is 17.2 Å². The molecule has 1 aliphatic carbocycles. The Labute approximate surface area is 128 Å². The van der Waals surface area contributed by atoms with Gasteiger partial charge in [0.1, 0.15) is 5.54 Å². The lowest BCUT2D eigenvalue weighted by molar-refractivity contribution is 0.0890. The predicted molar refractivity (Wildman–Crippen MR) is 80.9 cm³/mol. The minimum absolute atomic E-state index is 0.177. The zero-order chi connectivity index (χ0) is 15.5. The molecule has 0 radical (unpaired) electrons. The van der Waals surface area contributed by atoms with Gasteiger partial charge in [0.25, 0.3) is 5.91 Å². The number of nitrogens with two attached hydrogens (primary N) is 1. The monoisotopic (exact) mass is 305 g/mol. The molecule has 5 nitrogen and oxygen atoms in total. The van der Waals surface area contributed by atoms with Crippen LogP contribution < -0.4 is 11.1 Å². The van der Waals surface area contributed by atoms with E-state index in [0.29, 0.717) is 10.4 Å². The van der Waals surface area contributed by atoms with Crippen LogP contribution >= 0.6 is 11.3 Å². The minimum atomic E-state index is -0.867. The van der Waals surface area contributed by atoms with Crippen molar-refractivity contribution >= 4 is 23.2 Å². The second kappa shape index (κ2) is 6.27. The Morgan fingerprint density at radius 2 is 2.10 bits per heavy atom. The maximum Gasteiger partial charge on any atom is 0.262 e. The molecule has 0 unspecified atom stereocenters.